The van der Waals surface area contributed by atoms with Crippen LogP contribution in [0.5, 0.6) is 0 Å². The standard InChI is InChI=1S/C15H23N3O/c1-3-14(15(16)19)18-9-7-17(8-10-18)13-6-4-5-12(2)11-13/h4-6,11,14H,3,7-10H2,1-2H3,(H2,16,19). The minimum Gasteiger partial charge on any atom is -0.369 e. The second kappa shape index (κ2) is 6.06. The van der Waals surface area contributed by atoms with Gasteiger partial charge in [-0.2, -0.15) is 0 Å². The van der Waals surface area contributed by atoms with E-state index in [0.29, 0.717) is 0 Å². The van der Waals surface area contributed by atoms with Crippen molar-refractivity contribution in [3.05, 3.63) is 29.8 Å². The van der Waals surface area contributed by atoms with Crippen molar-refractivity contribution in [3.8, 4) is 0 Å². The molecule has 4 heteroatoms. The lowest BCUT2D eigenvalue weighted by molar-refractivity contribution is -0.123. The Kier molecular flexibility index (Phi) is 4.43. The van der Waals surface area contributed by atoms with Gasteiger partial charge in [-0.15, -0.1) is 0 Å². The zero-order chi connectivity index (χ0) is 13.8. The van der Waals surface area contributed by atoms with Crippen molar-refractivity contribution in [3.63, 3.8) is 0 Å². The van der Waals surface area contributed by atoms with Crippen molar-refractivity contribution in [1.82, 2.24) is 4.90 Å². The molecule has 0 aromatic heterocycles. The number of aryl methyl sites for hydroxylation is 1. The first-order valence-corrected chi connectivity index (χ1v) is 6.96. The molecule has 0 bridgehead atoms. The predicted molar refractivity (Wildman–Crippen MR) is 78.2 cm³/mol. The third kappa shape index (κ3) is 3.26. The second-order valence-corrected chi connectivity index (χ2v) is 5.19. The lowest BCUT2D eigenvalue weighted by atomic mass is 10.1. The number of carbonyl (C=O) groups excluding carboxylic acids is 1. The number of amides is 1. The minimum atomic E-state index is -0.202. The van der Waals surface area contributed by atoms with E-state index in [2.05, 4.69) is 41.0 Å². The van der Waals surface area contributed by atoms with Crippen LogP contribution in [0.2, 0.25) is 0 Å². The highest BCUT2D eigenvalue weighted by Gasteiger charge is 2.26. The molecule has 0 aliphatic carbocycles. The van der Waals surface area contributed by atoms with Crippen molar-refractivity contribution in [2.45, 2.75) is 26.3 Å². The Bertz CT molecular complexity index is 439. The molecule has 1 unspecified atom stereocenters. The number of nitrogens with two attached hydrogens (primary N) is 1. The quantitative estimate of drug-likeness (QED) is 0.891. The summed E-state index contributed by atoms with van der Waals surface area (Å²) in [5.74, 6) is -0.202. The summed E-state index contributed by atoms with van der Waals surface area (Å²) in [6, 6.07) is 8.45. The van der Waals surface area contributed by atoms with Crippen LogP contribution in [0.4, 0.5) is 5.69 Å². The Morgan fingerprint density at radius 3 is 2.53 bits per heavy atom. The van der Waals surface area contributed by atoms with Crippen molar-refractivity contribution in [2.24, 2.45) is 5.73 Å². The van der Waals surface area contributed by atoms with Crippen LogP contribution >= 0.6 is 0 Å². The van der Waals surface area contributed by atoms with Gasteiger partial charge in [-0.1, -0.05) is 19.1 Å². The SMILES string of the molecule is CCC(C(N)=O)N1CCN(c2cccc(C)c2)CC1. The fraction of sp³-hybridized carbons (Fsp3) is 0.533. The molecule has 1 aromatic rings. The van der Waals surface area contributed by atoms with E-state index in [1.54, 1.807) is 0 Å². The Hall–Kier alpha value is -1.55. The molecule has 1 amide bonds. The molecule has 1 aliphatic heterocycles. The van der Waals surface area contributed by atoms with Gasteiger partial charge in [-0.05, 0) is 31.0 Å². The number of benzene rings is 1. The molecule has 1 aromatic carbocycles. The molecule has 1 fully saturated rings. The largest absolute Gasteiger partial charge is 0.369 e. The average molecular weight is 261 g/mol. The molecule has 1 heterocycles. The maximum Gasteiger partial charge on any atom is 0.234 e. The summed E-state index contributed by atoms with van der Waals surface area (Å²) >= 11 is 0. The third-order valence-electron chi connectivity index (χ3n) is 3.84. The molecule has 1 atom stereocenters. The highest BCUT2D eigenvalue weighted by Crippen LogP contribution is 2.19. The van der Waals surface area contributed by atoms with Gasteiger partial charge in [0.2, 0.25) is 5.91 Å². The molecule has 2 N–H and O–H groups in total. The molecule has 0 radical (unpaired) electrons. The smallest absolute Gasteiger partial charge is 0.234 e. The summed E-state index contributed by atoms with van der Waals surface area (Å²) in [7, 11) is 0. The Morgan fingerprint density at radius 1 is 1.32 bits per heavy atom. The monoisotopic (exact) mass is 261 g/mol. The van der Waals surface area contributed by atoms with Crippen LogP contribution < -0.4 is 10.6 Å². The first-order valence-electron chi connectivity index (χ1n) is 6.96. The molecule has 2 rings (SSSR count). The molecule has 1 saturated heterocycles. The molecule has 19 heavy (non-hydrogen) atoms. The lowest BCUT2D eigenvalue weighted by Crippen LogP contribution is -2.54. The van der Waals surface area contributed by atoms with Crippen molar-refractivity contribution in [2.75, 3.05) is 31.1 Å². The van der Waals surface area contributed by atoms with Crippen molar-refractivity contribution in [1.29, 1.82) is 0 Å². The van der Waals surface area contributed by atoms with Gasteiger partial charge in [0.25, 0.3) is 0 Å². The minimum absolute atomic E-state index is 0.111. The number of piperazine rings is 1. The van der Waals surface area contributed by atoms with Crippen LogP contribution in [-0.2, 0) is 4.79 Å². The fourth-order valence-electron chi connectivity index (χ4n) is 2.76. The molecule has 4 nitrogen and oxygen atoms in total. The third-order valence-corrected chi connectivity index (χ3v) is 3.84. The van der Waals surface area contributed by atoms with Gasteiger partial charge >= 0.3 is 0 Å². The van der Waals surface area contributed by atoms with E-state index in [9.17, 15) is 4.79 Å². The lowest BCUT2D eigenvalue weighted by Gasteiger charge is -2.39. The van der Waals surface area contributed by atoms with E-state index < -0.39 is 0 Å². The number of carbonyl (C=O) groups is 1. The molecular weight excluding hydrogens is 238 g/mol. The zero-order valence-electron chi connectivity index (χ0n) is 11.8. The predicted octanol–water partition coefficient (Wildman–Crippen LogP) is 1.38. The van der Waals surface area contributed by atoms with Gasteiger partial charge in [0.15, 0.2) is 0 Å². The number of hydrogen-bond acceptors (Lipinski definition) is 3. The van der Waals surface area contributed by atoms with Gasteiger partial charge in [-0.25, -0.2) is 0 Å². The highest BCUT2D eigenvalue weighted by molar-refractivity contribution is 5.79. The van der Waals surface area contributed by atoms with Crippen LogP contribution in [0.25, 0.3) is 0 Å². The molecule has 104 valence electrons. The first-order chi connectivity index (χ1) is 9.11. The van der Waals surface area contributed by atoms with Gasteiger partial charge in [0.05, 0.1) is 6.04 Å². The second-order valence-electron chi connectivity index (χ2n) is 5.19. The van der Waals surface area contributed by atoms with E-state index in [0.717, 1.165) is 32.6 Å². The highest BCUT2D eigenvalue weighted by atomic mass is 16.1. The summed E-state index contributed by atoms with van der Waals surface area (Å²) in [5, 5.41) is 0. The van der Waals surface area contributed by atoms with Crippen LogP contribution in [0.1, 0.15) is 18.9 Å². The van der Waals surface area contributed by atoms with Crippen LogP contribution in [0.3, 0.4) is 0 Å². The Morgan fingerprint density at radius 2 is 2.00 bits per heavy atom. The zero-order valence-corrected chi connectivity index (χ0v) is 11.8. The van der Waals surface area contributed by atoms with E-state index in [1.807, 2.05) is 6.92 Å². The van der Waals surface area contributed by atoms with Gasteiger partial charge in [0.1, 0.15) is 0 Å². The maximum absolute atomic E-state index is 11.4. The normalized spacial score (nSPS) is 18.3. The van der Waals surface area contributed by atoms with E-state index in [1.165, 1.54) is 11.3 Å². The molecule has 0 spiro atoms. The Labute approximate surface area is 115 Å². The first kappa shape index (κ1) is 13.9. The molecule has 0 saturated carbocycles. The van der Waals surface area contributed by atoms with Gasteiger partial charge in [-0.3, -0.25) is 9.69 Å². The number of hydrogen-bond donors (Lipinski definition) is 1. The van der Waals surface area contributed by atoms with Gasteiger partial charge in [0, 0.05) is 31.9 Å². The van der Waals surface area contributed by atoms with Gasteiger partial charge < -0.3 is 10.6 Å². The number of primary amides is 1. The maximum atomic E-state index is 11.4. The average Bonchev–Trinajstić information content (AvgIpc) is 2.40. The van der Waals surface area contributed by atoms with E-state index in [4.69, 9.17) is 5.73 Å². The number of anilines is 1. The Balaban J connectivity index is 1.97. The number of rotatable bonds is 4. The number of nitrogens with zero attached hydrogens (tertiary/aromatic N) is 2. The van der Waals surface area contributed by atoms with Crippen LogP contribution in [-0.4, -0.2) is 43.0 Å². The van der Waals surface area contributed by atoms with E-state index in [-0.39, 0.29) is 11.9 Å². The molecule has 1 aliphatic rings. The molecular formula is C15H23N3O. The van der Waals surface area contributed by atoms with Crippen LogP contribution in [0, 0.1) is 6.92 Å². The summed E-state index contributed by atoms with van der Waals surface area (Å²) < 4.78 is 0. The van der Waals surface area contributed by atoms with E-state index >= 15 is 0 Å². The summed E-state index contributed by atoms with van der Waals surface area (Å²) in [4.78, 5) is 16.0. The summed E-state index contributed by atoms with van der Waals surface area (Å²) in [5.41, 5.74) is 8.00. The summed E-state index contributed by atoms with van der Waals surface area (Å²) in [6.45, 7) is 7.83. The fourth-order valence-corrected chi connectivity index (χ4v) is 2.76. The summed E-state index contributed by atoms with van der Waals surface area (Å²) in [6.07, 6.45) is 0.791. The van der Waals surface area contributed by atoms with Crippen molar-refractivity contribution >= 4 is 11.6 Å². The topological polar surface area (TPSA) is 49.6 Å². The van der Waals surface area contributed by atoms with Crippen LogP contribution in [0.15, 0.2) is 24.3 Å². The van der Waals surface area contributed by atoms with Crippen molar-refractivity contribution < 1.29 is 4.79 Å².